The van der Waals surface area contributed by atoms with Crippen LogP contribution in [-0.2, 0) is 4.74 Å². The molecule has 2 amide bonds. The van der Waals surface area contributed by atoms with Gasteiger partial charge in [-0.2, -0.15) is 0 Å². The molecule has 0 saturated heterocycles. The number of pyridine rings is 1. The number of amides is 2. The number of rotatable bonds is 6. The molecule has 0 spiro atoms. The van der Waals surface area contributed by atoms with Gasteiger partial charge in [0.2, 0.25) is 0 Å². The third-order valence-electron chi connectivity index (χ3n) is 3.96. The molecule has 2 atom stereocenters. The third kappa shape index (κ3) is 4.69. The molecule has 0 radical (unpaired) electrons. The van der Waals surface area contributed by atoms with Crippen molar-refractivity contribution in [3.05, 3.63) is 64.9 Å². The molecule has 0 aliphatic heterocycles. The maximum atomic E-state index is 12.4. The minimum absolute atomic E-state index is 0.127. The lowest BCUT2D eigenvalue weighted by atomic mass is 10.1. The van der Waals surface area contributed by atoms with Gasteiger partial charge < -0.3 is 15.0 Å². The highest BCUT2D eigenvalue weighted by atomic mass is 35.5. The van der Waals surface area contributed by atoms with Crippen molar-refractivity contribution in [2.24, 2.45) is 0 Å². The summed E-state index contributed by atoms with van der Waals surface area (Å²) in [6, 6.07) is 12.8. The van der Waals surface area contributed by atoms with E-state index in [0.717, 1.165) is 11.3 Å². The van der Waals surface area contributed by atoms with Crippen LogP contribution >= 0.6 is 11.6 Å². The number of hydrogen-bond donors (Lipinski definition) is 1. The van der Waals surface area contributed by atoms with Crippen LogP contribution in [0.25, 0.3) is 0 Å². The average molecular weight is 348 g/mol. The topological polar surface area (TPSA) is 54.5 Å². The maximum Gasteiger partial charge on any atom is 0.317 e. The first-order valence-corrected chi connectivity index (χ1v) is 8.10. The normalized spacial score (nSPS) is 13.2. The fraction of sp³-hybridized carbons (Fsp3) is 0.333. The molecule has 0 aliphatic rings. The molecule has 0 aliphatic carbocycles. The summed E-state index contributed by atoms with van der Waals surface area (Å²) in [6.07, 6.45) is 1.46. The highest BCUT2D eigenvalue weighted by Crippen LogP contribution is 2.20. The number of ether oxygens (including phenoxy) is 1. The number of halogens is 1. The van der Waals surface area contributed by atoms with Gasteiger partial charge in [-0.15, -0.1) is 0 Å². The molecular formula is C18H22ClN3O2. The predicted octanol–water partition coefficient (Wildman–Crippen LogP) is 3.83. The molecule has 0 saturated carbocycles. The Balaban J connectivity index is 1.96. The summed E-state index contributed by atoms with van der Waals surface area (Å²) in [5, 5.41) is 3.53. The van der Waals surface area contributed by atoms with Gasteiger partial charge in [0, 0.05) is 31.9 Å². The van der Waals surface area contributed by atoms with Crippen LogP contribution in [0.3, 0.4) is 0 Å². The van der Waals surface area contributed by atoms with Crippen molar-refractivity contribution in [1.29, 1.82) is 0 Å². The number of nitrogens with one attached hydrogen (secondary N) is 1. The summed E-state index contributed by atoms with van der Waals surface area (Å²) < 4.78 is 5.46. The predicted molar refractivity (Wildman–Crippen MR) is 95.0 cm³/mol. The van der Waals surface area contributed by atoms with Crippen LogP contribution < -0.4 is 5.32 Å². The Bertz CT molecular complexity index is 666. The fourth-order valence-corrected chi connectivity index (χ4v) is 2.54. The lowest BCUT2D eigenvalue weighted by Gasteiger charge is -2.26. The van der Waals surface area contributed by atoms with Crippen molar-refractivity contribution in [1.82, 2.24) is 15.2 Å². The van der Waals surface area contributed by atoms with E-state index in [2.05, 4.69) is 10.3 Å². The van der Waals surface area contributed by atoms with Crippen LogP contribution in [0.15, 0.2) is 48.7 Å². The zero-order valence-corrected chi connectivity index (χ0v) is 14.8. The van der Waals surface area contributed by atoms with E-state index in [-0.39, 0.29) is 18.2 Å². The summed E-state index contributed by atoms with van der Waals surface area (Å²) in [6.45, 7) is 2.29. The van der Waals surface area contributed by atoms with Gasteiger partial charge in [-0.05, 0) is 36.8 Å². The third-order valence-corrected chi connectivity index (χ3v) is 4.20. The van der Waals surface area contributed by atoms with Crippen LogP contribution in [0, 0.1) is 0 Å². The van der Waals surface area contributed by atoms with Gasteiger partial charge in [0.25, 0.3) is 0 Å². The molecule has 1 N–H and O–H groups in total. The first-order chi connectivity index (χ1) is 11.5. The smallest absolute Gasteiger partial charge is 0.317 e. The molecule has 6 heteroatoms. The number of aromatic nitrogens is 1. The zero-order valence-electron chi connectivity index (χ0n) is 14.1. The zero-order chi connectivity index (χ0) is 17.5. The van der Waals surface area contributed by atoms with E-state index in [9.17, 15) is 4.79 Å². The van der Waals surface area contributed by atoms with E-state index >= 15 is 0 Å². The van der Waals surface area contributed by atoms with Gasteiger partial charge in [0.05, 0.1) is 17.8 Å². The van der Waals surface area contributed by atoms with Gasteiger partial charge in [-0.1, -0.05) is 29.8 Å². The standard InChI is InChI=1S/C18H22ClN3O2/c1-13(16-9-4-5-10-20-16)22(2)18(23)21-12-17(24-3)14-7-6-8-15(19)11-14/h4-11,13,17H,12H2,1-3H3,(H,21,23)/t13-,17-/m1/s1. The van der Waals surface area contributed by atoms with Crippen molar-refractivity contribution in [2.75, 3.05) is 20.7 Å². The number of urea groups is 1. The Morgan fingerprint density at radius 2 is 2.12 bits per heavy atom. The fourth-order valence-electron chi connectivity index (χ4n) is 2.35. The number of nitrogens with zero attached hydrogens (tertiary/aromatic N) is 2. The second kappa shape index (κ2) is 8.66. The van der Waals surface area contributed by atoms with Crippen LogP contribution in [0.2, 0.25) is 5.02 Å². The Hall–Kier alpha value is -2.11. The Labute approximate surface area is 147 Å². The second-order valence-corrected chi connectivity index (χ2v) is 5.94. The summed E-state index contributed by atoms with van der Waals surface area (Å²) in [5.41, 5.74) is 1.76. The second-order valence-electron chi connectivity index (χ2n) is 5.51. The number of carbonyl (C=O) groups is 1. The maximum absolute atomic E-state index is 12.4. The molecule has 0 unspecified atom stereocenters. The highest BCUT2D eigenvalue weighted by Gasteiger charge is 2.19. The van der Waals surface area contributed by atoms with Crippen LogP contribution in [-0.4, -0.2) is 36.6 Å². The largest absolute Gasteiger partial charge is 0.375 e. The van der Waals surface area contributed by atoms with Gasteiger partial charge >= 0.3 is 6.03 Å². The minimum Gasteiger partial charge on any atom is -0.375 e. The van der Waals surface area contributed by atoms with E-state index in [1.165, 1.54) is 0 Å². The van der Waals surface area contributed by atoms with E-state index in [1.54, 1.807) is 31.3 Å². The van der Waals surface area contributed by atoms with Crippen LogP contribution in [0.5, 0.6) is 0 Å². The lowest BCUT2D eigenvalue weighted by molar-refractivity contribution is 0.101. The summed E-state index contributed by atoms with van der Waals surface area (Å²) in [5.74, 6) is 0. The molecule has 2 aromatic rings. The van der Waals surface area contributed by atoms with Crippen molar-refractivity contribution in [2.45, 2.75) is 19.1 Å². The van der Waals surface area contributed by atoms with E-state index in [0.29, 0.717) is 11.6 Å². The summed E-state index contributed by atoms with van der Waals surface area (Å²) >= 11 is 6.01. The van der Waals surface area contributed by atoms with Crippen LogP contribution in [0.4, 0.5) is 4.79 Å². The minimum atomic E-state index is -0.258. The molecule has 5 nitrogen and oxygen atoms in total. The Morgan fingerprint density at radius 3 is 2.75 bits per heavy atom. The molecule has 24 heavy (non-hydrogen) atoms. The van der Waals surface area contributed by atoms with Crippen molar-refractivity contribution >= 4 is 17.6 Å². The quantitative estimate of drug-likeness (QED) is 0.864. The van der Waals surface area contributed by atoms with Crippen molar-refractivity contribution in [3.8, 4) is 0 Å². The molecule has 128 valence electrons. The Morgan fingerprint density at radius 1 is 1.33 bits per heavy atom. The van der Waals surface area contributed by atoms with Crippen molar-refractivity contribution < 1.29 is 9.53 Å². The molecule has 1 aromatic carbocycles. The van der Waals surface area contributed by atoms with Crippen LogP contribution in [0.1, 0.15) is 30.3 Å². The van der Waals surface area contributed by atoms with Gasteiger partial charge in [-0.3, -0.25) is 4.98 Å². The van der Waals surface area contributed by atoms with Crippen molar-refractivity contribution in [3.63, 3.8) is 0 Å². The molecule has 0 fully saturated rings. The molecular weight excluding hydrogens is 326 g/mol. The number of benzene rings is 1. The number of methoxy groups -OCH3 is 1. The average Bonchev–Trinajstić information content (AvgIpc) is 2.61. The number of carbonyl (C=O) groups excluding carboxylic acids is 1. The highest BCUT2D eigenvalue weighted by molar-refractivity contribution is 6.30. The van der Waals surface area contributed by atoms with E-state index < -0.39 is 0 Å². The van der Waals surface area contributed by atoms with Gasteiger partial charge in [-0.25, -0.2) is 4.79 Å². The monoisotopic (exact) mass is 347 g/mol. The first-order valence-electron chi connectivity index (χ1n) is 7.72. The Kier molecular flexibility index (Phi) is 6.58. The molecule has 0 bridgehead atoms. The first kappa shape index (κ1) is 18.2. The SMILES string of the molecule is CO[C@H](CNC(=O)N(C)[C@H](C)c1ccccn1)c1cccc(Cl)c1. The van der Waals surface area contributed by atoms with Gasteiger partial charge in [0.15, 0.2) is 0 Å². The number of hydrogen-bond acceptors (Lipinski definition) is 3. The molecule has 2 rings (SSSR count). The van der Waals surface area contributed by atoms with Gasteiger partial charge in [0.1, 0.15) is 0 Å². The molecule has 1 aromatic heterocycles. The molecule has 1 heterocycles. The lowest BCUT2D eigenvalue weighted by Crippen LogP contribution is -2.40. The summed E-state index contributed by atoms with van der Waals surface area (Å²) in [7, 11) is 3.35. The van der Waals surface area contributed by atoms with E-state index in [4.69, 9.17) is 16.3 Å². The van der Waals surface area contributed by atoms with E-state index in [1.807, 2.05) is 43.3 Å². The summed E-state index contributed by atoms with van der Waals surface area (Å²) in [4.78, 5) is 18.3.